The van der Waals surface area contributed by atoms with Crippen molar-refractivity contribution in [2.75, 3.05) is 5.32 Å². The predicted molar refractivity (Wildman–Crippen MR) is 69.2 cm³/mol. The minimum absolute atomic E-state index is 0.439. The summed E-state index contributed by atoms with van der Waals surface area (Å²) in [6, 6.07) is 1.72. The lowest BCUT2D eigenvalue weighted by molar-refractivity contribution is 0.377. The Morgan fingerprint density at radius 3 is 2.72 bits per heavy atom. The van der Waals surface area contributed by atoms with Crippen LogP contribution < -0.4 is 10.6 Å². The van der Waals surface area contributed by atoms with Crippen LogP contribution in [0.25, 0.3) is 0 Å². The van der Waals surface area contributed by atoms with Crippen LogP contribution >= 0.6 is 0 Å². The second kappa shape index (κ2) is 4.53. The Morgan fingerprint density at radius 2 is 2.06 bits per heavy atom. The molecule has 2 fully saturated rings. The number of nitrogens with one attached hydrogen (secondary N) is 2. The van der Waals surface area contributed by atoms with Crippen molar-refractivity contribution >= 4 is 6.01 Å². The third-order valence-corrected chi connectivity index (χ3v) is 3.88. The summed E-state index contributed by atoms with van der Waals surface area (Å²) in [6.07, 6.45) is 6.16. The van der Waals surface area contributed by atoms with E-state index in [1.54, 1.807) is 0 Å². The zero-order valence-corrected chi connectivity index (χ0v) is 11.2. The largest absolute Gasteiger partial charge is 0.407 e. The fourth-order valence-corrected chi connectivity index (χ4v) is 2.64. The summed E-state index contributed by atoms with van der Waals surface area (Å²) in [7, 11) is 0. The van der Waals surface area contributed by atoms with Crippen molar-refractivity contribution in [1.82, 2.24) is 15.5 Å². The molecule has 5 heteroatoms. The Kier molecular flexibility index (Phi) is 3.01. The lowest BCUT2D eigenvalue weighted by atomic mass is 9.92. The van der Waals surface area contributed by atoms with Gasteiger partial charge in [0.15, 0.2) is 0 Å². The van der Waals surface area contributed by atoms with Crippen LogP contribution in [-0.2, 0) is 6.54 Å². The highest BCUT2D eigenvalue weighted by Crippen LogP contribution is 2.38. The molecule has 1 heterocycles. The topological polar surface area (TPSA) is 63.0 Å². The molecule has 2 aliphatic rings. The van der Waals surface area contributed by atoms with Gasteiger partial charge in [-0.2, -0.15) is 0 Å². The molecule has 0 aromatic carbocycles. The van der Waals surface area contributed by atoms with Crippen molar-refractivity contribution in [3.8, 4) is 0 Å². The molecule has 1 atom stereocenters. The first-order valence-corrected chi connectivity index (χ1v) is 6.93. The number of nitrogens with zero attached hydrogens (tertiary/aromatic N) is 2. The van der Waals surface area contributed by atoms with E-state index in [0.717, 1.165) is 0 Å². The summed E-state index contributed by atoms with van der Waals surface area (Å²) < 4.78 is 5.60. The van der Waals surface area contributed by atoms with E-state index < -0.39 is 0 Å². The Balaban J connectivity index is 1.50. The summed E-state index contributed by atoms with van der Waals surface area (Å²) in [6.45, 7) is 5.32. The number of anilines is 1. The molecule has 0 amide bonds. The standard InChI is InChI=1S/C13H22N4O/c1-13(2)6-5-10(7-13)15-12-17-16-11(18-12)8-14-9-3-4-9/h9-10,14H,3-8H2,1-2H3,(H,15,17). The van der Waals surface area contributed by atoms with E-state index in [2.05, 4.69) is 34.7 Å². The van der Waals surface area contributed by atoms with Crippen LogP contribution in [0, 0.1) is 5.41 Å². The van der Waals surface area contributed by atoms with Crippen molar-refractivity contribution in [2.24, 2.45) is 5.41 Å². The first-order valence-electron chi connectivity index (χ1n) is 6.93. The van der Waals surface area contributed by atoms with Gasteiger partial charge < -0.3 is 15.1 Å². The maximum atomic E-state index is 5.60. The number of hydrogen-bond acceptors (Lipinski definition) is 5. The molecule has 5 nitrogen and oxygen atoms in total. The van der Waals surface area contributed by atoms with E-state index >= 15 is 0 Å². The first-order chi connectivity index (χ1) is 8.61. The SMILES string of the molecule is CC1(C)CCC(Nc2nnc(CNC3CC3)o2)C1. The second-order valence-corrected chi connectivity index (χ2v) is 6.40. The molecule has 1 aromatic rings. The summed E-state index contributed by atoms with van der Waals surface area (Å²) in [4.78, 5) is 0. The van der Waals surface area contributed by atoms with Crippen LogP contribution in [0.1, 0.15) is 51.8 Å². The number of rotatable bonds is 5. The Hall–Kier alpha value is -1.10. The van der Waals surface area contributed by atoms with Crippen LogP contribution in [0.5, 0.6) is 0 Å². The van der Waals surface area contributed by atoms with E-state index in [-0.39, 0.29) is 0 Å². The van der Waals surface area contributed by atoms with Crippen LogP contribution in [-0.4, -0.2) is 22.3 Å². The van der Waals surface area contributed by atoms with Gasteiger partial charge in [-0.1, -0.05) is 18.9 Å². The molecular weight excluding hydrogens is 228 g/mol. The van der Waals surface area contributed by atoms with Gasteiger partial charge in [-0.25, -0.2) is 0 Å². The van der Waals surface area contributed by atoms with Gasteiger partial charge in [0.05, 0.1) is 6.54 Å². The van der Waals surface area contributed by atoms with Crippen molar-refractivity contribution in [3.05, 3.63) is 5.89 Å². The van der Waals surface area contributed by atoms with E-state index in [9.17, 15) is 0 Å². The third kappa shape index (κ3) is 3.02. The van der Waals surface area contributed by atoms with Gasteiger partial charge in [-0.15, -0.1) is 5.10 Å². The van der Waals surface area contributed by atoms with Gasteiger partial charge in [0.25, 0.3) is 0 Å². The number of hydrogen-bond donors (Lipinski definition) is 2. The zero-order valence-electron chi connectivity index (χ0n) is 11.2. The summed E-state index contributed by atoms with van der Waals surface area (Å²) in [5.41, 5.74) is 0.439. The Bertz CT molecular complexity index is 411. The molecule has 0 saturated heterocycles. The zero-order chi connectivity index (χ0) is 12.6. The molecule has 1 aromatic heterocycles. The molecule has 1 unspecified atom stereocenters. The van der Waals surface area contributed by atoms with Crippen molar-refractivity contribution < 1.29 is 4.42 Å². The fraction of sp³-hybridized carbons (Fsp3) is 0.846. The molecule has 0 spiro atoms. The van der Waals surface area contributed by atoms with Crippen molar-refractivity contribution in [1.29, 1.82) is 0 Å². The predicted octanol–water partition coefficient (Wildman–Crippen LogP) is 2.31. The smallest absolute Gasteiger partial charge is 0.315 e. The molecular formula is C13H22N4O. The molecule has 2 saturated carbocycles. The van der Waals surface area contributed by atoms with Gasteiger partial charge in [0.2, 0.25) is 5.89 Å². The molecule has 2 aliphatic carbocycles. The van der Waals surface area contributed by atoms with Crippen LogP contribution in [0.3, 0.4) is 0 Å². The summed E-state index contributed by atoms with van der Waals surface area (Å²) in [5, 5.41) is 14.8. The van der Waals surface area contributed by atoms with Crippen molar-refractivity contribution in [2.45, 2.75) is 64.6 Å². The third-order valence-electron chi connectivity index (χ3n) is 3.88. The minimum atomic E-state index is 0.439. The maximum Gasteiger partial charge on any atom is 0.315 e. The monoisotopic (exact) mass is 250 g/mol. The van der Waals surface area contributed by atoms with Gasteiger partial charge >= 0.3 is 6.01 Å². The summed E-state index contributed by atoms with van der Waals surface area (Å²) >= 11 is 0. The average molecular weight is 250 g/mol. The molecule has 2 N–H and O–H groups in total. The minimum Gasteiger partial charge on any atom is -0.407 e. The van der Waals surface area contributed by atoms with Crippen LogP contribution in [0.15, 0.2) is 4.42 Å². The molecule has 0 radical (unpaired) electrons. The maximum absolute atomic E-state index is 5.60. The molecule has 3 rings (SSSR count). The lowest BCUT2D eigenvalue weighted by Crippen LogP contribution is -2.17. The van der Waals surface area contributed by atoms with Crippen molar-refractivity contribution in [3.63, 3.8) is 0 Å². The normalized spacial score (nSPS) is 26.4. The molecule has 100 valence electrons. The van der Waals surface area contributed by atoms with Crippen LogP contribution in [0.2, 0.25) is 0 Å². The van der Waals surface area contributed by atoms with E-state index in [4.69, 9.17) is 4.42 Å². The van der Waals surface area contributed by atoms with Gasteiger partial charge in [-0.05, 0) is 37.5 Å². The highest BCUT2D eigenvalue weighted by molar-refractivity contribution is 5.20. The first kappa shape index (κ1) is 12.0. The lowest BCUT2D eigenvalue weighted by Gasteiger charge is -2.16. The molecule has 0 bridgehead atoms. The Morgan fingerprint density at radius 1 is 1.22 bits per heavy atom. The second-order valence-electron chi connectivity index (χ2n) is 6.40. The van der Waals surface area contributed by atoms with E-state index in [0.29, 0.717) is 35.9 Å². The van der Waals surface area contributed by atoms with Crippen LogP contribution in [0.4, 0.5) is 6.01 Å². The number of aromatic nitrogens is 2. The molecule has 18 heavy (non-hydrogen) atoms. The molecule has 0 aliphatic heterocycles. The average Bonchev–Trinajstić information content (AvgIpc) is 2.94. The summed E-state index contributed by atoms with van der Waals surface area (Å²) in [5.74, 6) is 0.682. The van der Waals surface area contributed by atoms with E-state index in [1.165, 1.54) is 32.1 Å². The fourth-order valence-electron chi connectivity index (χ4n) is 2.64. The van der Waals surface area contributed by atoms with E-state index in [1.807, 2.05) is 0 Å². The highest BCUT2D eigenvalue weighted by atomic mass is 16.4. The highest BCUT2D eigenvalue weighted by Gasteiger charge is 2.31. The Labute approximate surface area is 108 Å². The van der Waals surface area contributed by atoms with Gasteiger partial charge in [0.1, 0.15) is 0 Å². The van der Waals surface area contributed by atoms with Gasteiger partial charge in [0, 0.05) is 12.1 Å². The quantitative estimate of drug-likeness (QED) is 0.839. The van der Waals surface area contributed by atoms with Gasteiger partial charge in [-0.3, -0.25) is 0 Å².